The number of rotatable bonds is 8. The van der Waals surface area contributed by atoms with Crippen molar-refractivity contribution < 1.29 is 18.7 Å². The molecular weight excluding hydrogens is 534 g/mol. The predicted molar refractivity (Wildman–Crippen MR) is 148 cm³/mol. The number of amides is 1. The van der Waals surface area contributed by atoms with Gasteiger partial charge in [0.25, 0.3) is 5.91 Å². The number of hydrogen-bond donors (Lipinski definition) is 0. The zero-order valence-corrected chi connectivity index (χ0v) is 22.6. The number of halogens is 1. The molecule has 190 valence electrons. The molecule has 0 saturated carbocycles. The first-order valence-electron chi connectivity index (χ1n) is 12.5. The third-order valence-corrected chi connectivity index (χ3v) is 6.98. The third-order valence-electron chi connectivity index (χ3n) is 6.48. The van der Waals surface area contributed by atoms with Crippen molar-refractivity contribution in [2.75, 3.05) is 18.1 Å². The van der Waals surface area contributed by atoms with Crippen LogP contribution < -0.4 is 19.8 Å². The average Bonchev–Trinajstić information content (AvgIpc) is 3.18. The Morgan fingerprint density at radius 3 is 2.46 bits per heavy atom. The van der Waals surface area contributed by atoms with Crippen LogP contribution in [0.3, 0.4) is 0 Å². The van der Waals surface area contributed by atoms with Gasteiger partial charge in [-0.05, 0) is 68.3 Å². The van der Waals surface area contributed by atoms with Crippen LogP contribution >= 0.6 is 15.9 Å². The first kappa shape index (κ1) is 25.1. The minimum atomic E-state index is -0.686. The number of benzene rings is 3. The lowest BCUT2D eigenvalue weighted by molar-refractivity contribution is 0.0971. The SMILES string of the molecule is CCCCOc1ccc(C2c3c(oc4ccc(Br)cc4c3=O)C(=O)N2c2ccc(C)cc2)cc1OCC. The van der Waals surface area contributed by atoms with Gasteiger partial charge in [0.1, 0.15) is 5.58 Å². The van der Waals surface area contributed by atoms with Gasteiger partial charge in [-0.15, -0.1) is 0 Å². The summed E-state index contributed by atoms with van der Waals surface area (Å²) in [6.07, 6.45) is 1.96. The number of fused-ring (bicyclic) bond motifs is 2. The number of hydrogen-bond acceptors (Lipinski definition) is 5. The van der Waals surface area contributed by atoms with E-state index in [1.165, 1.54) is 0 Å². The van der Waals surface area contributed by atoms with Gasteiger partial charge in [0, 0.05) is 10.2 Å². The van der Waals surface area contributed by atoms with Crippen molar-refractivity contribution >= 4 is 38.5 Å². The Hall–Kier alpha value is -3.58. The molecule has 2 heterocycles. The zero-order valence-electron chi connectivity index (χ0n) is 21.0. The van der Waals surface area contributed by atoms with Crippen molar-refractivity contribution in [3.05, 3.63) is 97.8 Å². The number of carbonyl (C=O) groups is 1. The summed E-state index contributed by atoms with van der Waals surface area (Å²) in [5, 5.41) is 0.418. The van der Waals surface area contributed by atoms with Crippen LogP contribution in [0.1, 0.15) is 60.0 Å². The van der Waals surface area contributed by atoms with Gasteiger partial charge >= 0.3 is 0 Å². The van der Waals surface area contributed by atoms with E-state index in [4.69, 9.17) is 13.9 Å². The summed E-state index contributed by atoms with van der Waals surface area (Å²) in [5.74, 6) is 0.923. The normalized spacial score (nSPS) is 14.8. The number of aryl methyl sites for hydroxylation is 1. The van der Waals surface area contributed by atoms with Crippen LogP contribution in [0.25, 0.3) is 11.0 Å². The van der Waals surface area contributed by atoms with Crippen LogP contribution in [0, 0.1) is 6.92 Å². The summed E-state index contributed by atoms with van der Waals surface area (Å²) >= 11 is 3.45. The number of anilines is 1. The Morgan fingerprint density at radius 1 is 0.946 bits per heavy atom. The third kappa shape index (κ3) is 4.64. The molecular formula is C30H28BrNO5. The molecule has 0 bridgehead atoms. The first-order chi connectivity index (χ1) is 17.9. The van der Waals surface area contributed by atoms with Gasteiger partial charge < -0.3 is 13.9 Å². The van der Waals surface area contributed by atoms with E-state index in [1.807, 2.05) is 56.3 Å². The van der Waals surface area contributed by atoms with Gasteiger partial charge in [-0.2, -0.15) is 0 Å². The van der Waals surface area contributed by atoms with E-state index in [9.17, 15) is 9.59 Å². The molecule has 0 spiro atoms. The van der Waals surface area contributed by atoms with Gasteiger partial charge in [-0.25, -0.2) is 0 Å². The summed E-state index contributed by atoms with van der Waals surface area (Å²) in [5.41, 5.74) is 2.95. The lowest BCUT2D eigenvalue weighted by atomic mass is 9.97. The Balaban J connectivity index is 1.71. The highest BCUT2D eigenvalue weighted by atomic mass is 79.9. The van der Waals surface area contributed by atoms with Crippen LogP contribution in [0.2, 0.25) is 0 Å². The van der Waals surface area contributed by atoms with Crippen molar-refractivity contribution in [1.29, 1.82) is 0 Å². The molecule has 1 unspecified atom stereocenters. The molecule has 3 aromatic carbocycles. The van der Waals surface area contributed by atoms with E-state index in [0.29, 0.717) is 46.9 Å². The van der Waals surface area contributed by atoms with Crippen molar-refractivity contribution in [2.45, 2.75) is 39.7 Å². The maximum Gasteiger partial charge on any atom is 0.295 e. The second-order valence-electron chi connectivity index (χ2n) is 9.07. The van der Waals surface area contributed by atoms with Crippen LogP contribution in [0.4, 0.5) is 5.69 Å². The molecule has 0 fully saturated rings. The van der Waals surface area contributed by atoms with Crippen LogP contribution in [-0.4, -0.2) is 19.1 Å². The fourth-order valence-corrected chi connectivity index (χ4v) is 5.00. The second kappa shape index (κ2) is 10.4. The fraction of sp³-hybridized carbons (Fsp3) is 0.267. The first-order valence-corrected chi connectivity index (χ1v) is 13.3. The Labute approximate surface area is 223 Å². The summed E-state index contributed by atoms with van der Waals surface area (Å²) in [4.78, 5) is 29.3. The lowest BCUT2D eigenvalue weighted by Gasteiger charge is -2.26. The standard InChI is InChI=1S/C30H28BrNO5/c1-4-6-15-36-24-13-9-19(16-25(24)35-5-2)27-26-28(33)22-17-20(31)10-14-23(22)37-29(26)30(34)32(27)21-11-7-18(3)8-12-21/h7-14,16-17,27H,4-6,15H2,1-3H3. The number of ether oxygens (including phenoxy) is 2. The molecule has 1 aromatic heterocycles. The number of unbranched alkanes of at least 4 members (excludes halogenated alkanes) is 1. The van der Waals surface area contributed by atoms with E-state index >= 15 is 0 Å². The molecule has 4 aromatic rings. The largest absolute Gasteiger partial charge is 0.490 e. The minimum Gasteiger partial charge on any atom is -0.490 e. The zero-order chi connectivity index (χ0) is 26.1. The quantitative estimate of drug-likeness (QED) is 0.213. The Kier molecular flexibility index (Phi) is 7.07. The van der Waals surface area contributed by atoms with Crippen LogP contribution in [0.5, 0.6) is 11.5 Å². The predicted octanol–water partition coefficient (Wildman–Crippen LogP) is 7.19. The summed E-state index contributed by atoms with van der Waals surface area (Å²) in [7, 11) is 0. The van der Waals surface area contributed by atoms with E-state index in [0.717, 1.165) is 28.4 Å². The summed E-state index contributed by atoms with van der Waals surface area (Å²) in [6.45, 7) is 7.05. The highest BCUT2D eigenvalue weighted by Crippen LogP contribution is 2.43. The van der Waals surface area contributed by atoms with Crippen molar-refractivity contribution in [2.24, 2.45) is 0 Å². The van der Waals surface area contributed by atoms with E-state index < -0.39 is 6.04 Å². The molecule has 1 atom stereocenters. The summed E-state index contributed by atoms with van der Waals surface area (Å²) < 4.78 is 18.7. The average molecular weight is 562 g/mol. The molecule has 7 heteroatoms. The molecule has 1 aliphatic heterocycles. The maximum atomic E-state index is 13.9. The van der Waals surface area contributed by atoms with Crippen LogP contribution in [0.15, 0.2) is 74.3 Å². The lowest BCUT2D eigenvalue weighted by Crippen LogP contribution is -2.29. The number of nitrogens with zero attached hydrogens (tertiary/aromatic N) is 1. The van der Waals surface area contributed by atoms with Gasteiger partial charge in [0.05, 0.1) is 30.2 Å². The molecule has 5 rings (SSSR count). The van der Waals surface area contributed by atoms with Crippen molar-refractivity contribution in [3.8, 4) is 11.5 Å². The van der Waals surface area contributed by atoms with E-state index in [2.05, 4.69) is 22.9 Å². The van der Waals surface area contributed by atoms with E-state index in [1.54, 1.807) is 23.1 Å². The molecule has 0 aliphatic carbocycles. The van der Waals surface area contributed by atoms with E-state index in [-0.39, 0.29) is 17.1 Å². The Morgan fingerprint density at radius 2 is 1.73 bits per heavy atom. The molecule has 1 aliphatic rings. The van der Waals surface area contributed by atoms with Gasteiger partial charge in [-0.1, -0.05) is 53.0 Å². The van der Waals surface area contributed by atoms with Crippen molar-refractivity contribution in [1.82, 2.24) is 0 Å². The molecule has 37 heavy (non-hydrogen) atoms. The molecule has 6 nitrogen and oxygen atoms in total. The van der Waals surface area contributed by atoms with Crippen molar-refractivity contribution in [3.63, 3.8) is 0 Å². The minimum absolute atomic E-state index is 0.0617. The number of carbonyl (C=O) groups excluding carboxylic acids is 1. The van der Waals surface area contributed by atoms with Gasteiger partial charge in [0.15, 0.2) is 16.9 Å². The van der Waals surface area contributed by atoms with Gasteiger partial charge in [0.2, 0.25) is 5.76 Å². The second-order valence-corrected chi connectivity index (χ2v) is 9.98. The smallest absolute Gasteiger partial charge is 0.295 e. The van der Waals surface area contributed by atoms with Gasteiger partial charge in [-0.3, -0.25) is 14.5 Å². The highest BCUT2D eigenvalue weighted by molar-refractivity contribution is 9.10. The molecule has 0 N–H and O–H groups in total. The molecule has 1 amide bonds. The Bertz CT molecular complexity index is 1530. The molecule has 0 saturated heterocycles. The fourth-order valence-electron chi connectivity index (χ4n) is 4.64. The summed E-state index contributed by atoms with van der Waals surface area (Å²) in [6, 6.07) is 17.8. The highest BCUT2D eigenvalue weighted by Gasteiger charge is 2.44. The monoisotopic (exact) mass is 561 g/mol. The maximum absolute atomic E-state index is 13.9. The molecule has 0 radical (unpaired) electrons. The van der Waals surface area contributed by atoms with Crippen LogP contribution in [-0.2, 0) is 0 Å². The topological polar surface area (TPSA) is 69.0 Å².